The van der Waals surface area contributed by atoms with Crippen molar-refractivity contribution in [2.45, 2.75) is 12.8 Å². The van der Waals surface area contributed by atoms with Crippen molar-refractivity contribution >= 4 is 11.0 Å². The van der Waals surface area contributed by atoms with Crippen molar-refractivity contribution in [3.63, 3.8) is 0 Å². The number of aromatic amines is 1. The van der Waals surface area contributed by atoms with Gasteiger partial charge >= 0.3 is 0 Å². The van der Waals surface area contributed by atoms with E-state index in [2.05, 4.69) is 15.4 Å². The van der Waals surface area contributed by atoms with E-state index in [1.807, 2.05) is 24.3 Å². The second kappa shape index (κ2) is 4.21. The summed E-state index contributed by atoms with van der Waals surface area (Å²) in [6.45, 7) is 0.817. The summed E-state index contributed by atoms with van der Waals surface area (Å²) in [4.78, 5) is 7.74. The number of benzene rings is 1. The lowest BCUT2D eigenvalue weighted by Crippen LogP contribution is -2.23. The van der Waals surface area contributed by atoms with Crippen molar-refractivity contribution in [3.05, 3.63) is 30.1 Å². The lowest BCUT2D eigenvalue weighted by molar-refractivity contribution is 0.669. The van der Waals surface area contributed by atoms with Crippen molar-refractivity contribution in [3.8, 4) is 0 Å². The van der Waals surface area contributed by atoms with Crippen LogP contribution < -0.4 is 11.3 Å². The van der Waals surface area contributed by atoms with Crippen LogP contribution in [0.3, 0.4) is 0 Å². The molecule has 2 aromatic rings. The summed E-state index contributed by atoms with van der Waals surface area (Å²) in [5.41, 5.74) is 4.76. The van der Waals surface area contributed by atoms with Crippen molar-refractivity contribution in [1.82, 2.24) is 15.4 Å². The molecule has 4 heteroatoms. The molecule has 2 rings (SSSR count). The minimum atomic E-state index is 0.817. The Bertz CT molecular complexity index is 374. The second-order valence-corrected chi connectivity index (χ2v) is 3.26. The quantitative estimate of drug-likeness (QED) is 0.382. The molecule has 14 heavy (non-hydrogen) atoms. The molecule has 1 heterocycles. The van der Waals surface area contributed by atoms with Crippen molar-refractivity contribution in [2.75, 3.05) is 6.54 Å². The number of nitrogens with zero attached hydrogens (tertiary/aromatic N) is 1. The van der Waals surface area contributed by atoms with Crippen LogP contribution in [0.15, 0.2) is 24.3 Å². The van der Waals surface area contributed by atoms with E-state index in [9.17, 15) is 0 Å². The predicted octanol–water partition coefficient (Wildman–Crippen LogP) is 0.959. The molecule has 0 aliphatic carbocycles. The fourth-order valence-electron chi connectivity index (χ4n) is 1.48. The maximum absolute atomic E-state index is 5.19. The zero-order chi connectivity index (χ0) is 9.80. The molecule has 0 aliphatic rings. The average molecular weight is 190 g/mol. The smallest absolute Gasteiger partial charge is 0.107 e. The summed E-state index contributed by atoms with van der Waals surface area (Å²) in [5, 5.41) is 0. The average Bonchev–Trinajstić information content (AvgIpc) is 2.60. The van der Waals surface area contributed by atoms with Gasteiger partial charge in [0.2, 0.25) is 0 Å². The number of H-pyrrole nitrogens is 1. The molecule has 0 amide bonds. The Morgan fingerprint density at radius 3 is 3.00 bits per heavy atom. The molecule has 0 bridgehead atoms. The van der Waals surface area contributed by atoms with E-state index in [0.29, 0.717) is 0 Å². The second-order valence-electron chi connectivity index (χ2n) is 3.26. The first-order valence-corrected chi connectivity index (χ1v) is 4.77. The van der Waals surface area contributed by atoms with Crippen molar-refractivity contribution in [2.24, 2.45) is 5.84 Å². The number of aryl methyl sites for hydroxylation is 1. The highest BCUT2D eigenvalue weighted by Crippen LogP contribution is 2.10. The number of hydrazine groups is 1. The zero-order valence-corrected chi connectivity index (χ0v) is 7.96. The Labute approximate surface area is 82.5 Å². The molecule has 0 radical (unpaired) electrons. The van der Waals surface area contributed by atoms with Gasteiger partial charge in [-0.2, -0.15) is 0 Å². The molecule has 1 aromatic carbocycles. The number of aromatic nitrogens is 2. The Kier molecular flexibility index (Phi) is 2.76. The van der Waals surface area contributed by atoms with Gasteiger partial charge in [-0.3, -0.25) is 11.3 Å². The monoisotopic (exact) mass is 190 g/mol. The minimum Gasteiger partial charge on any atom is -0.342 e. The van der Waals surface area contributed by atoms with Crippen LogP contribution in [-0.4, -0.2) is 16.5 Å². The highest BCUT2D eigenvalue weighted by Gasteiger charge is 2.00. The van der Waals surface area contributed by atoms with Gasteiger partial charge in [0.05, 0.1) is 11.0 Å². The maximum Gasteiger partial charge on any atom is 0.107 e. The molecule has 4 N–H and O–H groups in total. The van der Waals surface area contributed by atoms with Gasteiger partial charge in [-0.1, -0.05) is 12.1 Å². The summed E-state index contributed by atoms with van der Waals surface area (Å²) in [5.74, 6) is 6.22. The molecule has 0 unspecified atom stereocenters. The van der Waals surface area contributed by atoms with Gasteiger partial charge < -0.3 is 4.98 Å². The SMILES string of the molecule is NNCCCc1nc2ccccc2[nH]1. The lowest BCUT2D eigenvalue weighted by Gasteiger charge is -1.95. The molecule has 1 aromatic heterocycles. The van der Waals surface area contributed by atoms with Gasteiger partial charge in [0.25, 0.3) is 0 Å². The first-order chi connectivity index (χ1) is 6.90. The first-order valence-electron chi connectivity index (χ1n) is 4.77. The Morgan fingerprint density at radius 1 is 1.36 bits per heavy atom. The summed E-state index contributed by atoms with van der Waals surface area (Å²) in [7, 11) is 0. The first kappa shape index (κ1) is 9.18. The molecular weight excluding hydrogens is 176 g/mol. The van der Waals surface area contributed by atoms with E-state index < -0.39 is 0 Å². The van der Waals surface area contributed by atoms with Gasteiger partial charge in [0, 0.05) is 13.0 Å². The highest BCUT2D eigenvalue weighted by atomic mass is 15.2. The number of hydrogen-bond donors (Lipinski definition) is 3. The summed E-state index contributed by atoms with van der Waals surface area (Å²) >= 11 is 0. The fraction of sp³-hybridized carbons (Fsp3) is 0.300. The predicted molar refractivity (Wildman–Crippen MR) is 56.6 cm³/mol. The summed E-state index contributed by atoms with van der Waals surface area (Å²) in [6.07, 6.45) is 1.93. The van der Waals surface area contributed by atoms with E-state index in [1.54, 1.807) is 0 Å². The molecule has 0 aliphatic heterocycles. The third-order valence-electron chi connectivity index (χ3n) is 2.17. The third-order valence-corrected chi connectivity index (χ3v) is 2.17. The van der Waals surface area contributed by atoms with E-state index in [-0.39, 0.29) is 0 Å². The minimum absolute atomic E-state index is 0.817. The number of imidazole rings is 1. The Morgan fingerprint density at radius 2 is 2.21 bits per heavy atom. The Balaban J connectivity index is 2.11. The number of hydrogen-bond acceptors (Lipinski definition) is 3. The van der Waals surface area contributed by atoms with Gasteiger partial charge in [-0.05, 0) is 18.6 Å². The third kappa shape index (κ3) is 1.92. The van der Waals surface area contributed by atoms with Crippen LogP contribution in [0, 0.1) is 0 Å². The topological polar surface area (TPSA) is 66.7 Å². The summed E-state index contributed by atoms with van der Waals surface area (Å²) < 4.78 is 0. The van der Waals surface area contributed by atoms with Gasteiger partial charge in [-0.15, -0.1) is 0 Å². The normalized spacial score (nSPS) is 10.9. The van der Waals surface area contributed by atoms with Crippen LogP contribution in [0.4, 0.5) is 0 Å². The van der Waals surface area contributed by atoms with Crippen LogP contribution in [0.25, 0.3) is 11.0 Å². The molecule has 74 valence electrons. The fourth-order valence-corrected chi connectivity index (χ4v) is 1.48. The molecule has 0 saturated heterocycles. The van der Waals surface area contributed by atoms with Gasteiger partial charge in [0.1, 0.15) is 5.82 Å². The van der Waals surface area contributed by atoms with Gasteiger partial charge in [-0.25, -0.2) is 4.98 Å². The van der Waals surface area contributed by atoms with Gasteiger partial charge in [0.15, 0.2) is 0 Å². The van der Waals surface area contributed by atoms with Crippen molar-refractivity contribution < 1.29 is 0 Å². The zero-order valence-electron chi connectivity index (χ0n) is 7.96. The number of nitrogens with two attached hydrogens (primary N) is 1. The number of rotatable bonds is 4. The van der Waals surface area contributed by atoms with E-state index in [0.717, 1.165) is 36.2 Å². The van der Waals surface area contributed by atoms with Crippen LogP contribution >= 0.6 is 0 Å². The number of para-hydroxylation sites is 2. The highest BCUT2D eigenvalue weighted by molar-refractivity contribution is 5.74. The number of fused-ring (bicyclic) bond motifs is 1. The van der Waals surface area contributed by atoms with Crippen LogP contribution in [-0.2, 0) is 6.42 Å². The largest absolute Gasteiger partial charge is 0.342 e. The van der Waals surface area contributed by atoms with E-state index in [4.69, 9.17) is 5.84 Å². The van der Waals surface area contributed by atoms with Crippen molar-refractivity contribution in [1.29, 1.82) is 0 Å². The lowest BCUT2D eigenvalue weighted by atomic mass is 10.3. The van der Waals surface area contributed by atoms with Crippen LogP contribution in [0.2, 0.25) is 0 Å². The standard InChI is InChI=1S/C10H14N4/c11-12-7-3-6-10-13-8-4-1-2-5-9(8)14-10/h1-2,4-5,12H,3,6-7,11H2,(H,13,14). The van der Waals surface area contributed by atoms with Crippen LogP contribution in [0.5, 0.6) is 0 Å². The Hall–Kier alpha value is -1.39. The molecule has 0 spiro atoms. The molecule has 0 saturated carbocycles. The van der Waals surface area contributed by atoms with E-state index in [1.165, 1.54) is 0 Å². The molecule has 4 nitrogen and oxygen atoms in total. The number of nitrogens with one attached hydrogen (secondary N) is 2. The van der Waals surface area contributed by atoms with E-state index >= 15 is 0 Å². The summed E-state index contributed by atoms with van der Waals surface area (Å²) in [6, 6.07) is 8.05. The van der Waals surface area contributed by atoms with Crippen LogP contribution in [0.1, 0.15) is 12.2 Å². The molecule has 0 fully saturated rings. The molecular formula is C10H14N4. The molecule has 0 atom stereocenters. The maximum atomic E-state index is 5.19.